The first-order chi connectivity index (χ1) is 7.66. The van der Waals surface area contributed by atoms with Crippen molar-refractivity contribution in [1.82, 2.24) is 5.32 Å². The van der Waals surface area contributed by atoms with E-state index in [-0.39, 0.29) is 23.0 Å². The van der Waals surface area contributed by atoms with E-state index in [4.69, 9.17) is 16.0 Å². The average Bonchev–Trinajstić information content (AvgIpc) is 2.68. The van der Waals surface area contributed by atoms with E-state index in [1.807, 2.05) is 0 Å². The van der Waals surface area contributed by atoms with Crippen molar-refractivity contribution in [1.29, 1.82) is 0 Å². The third kappa shape index (κ3) is 2.44. The molecule has 0 spiro atoms. The Balaban J connectivity index is 1.93. The molecular weight excluding hydrogens is 230 g/mol. The van der Waals surface area contributed by atoms with Crippen LogP contribution in [0.5, 0.6) is 0 Å². The summed E-state index contributed by atoms with van der Waals surface area (Å²) in [6.45, 7) is 0. The van der Waals surface area contributed by atoms with Gasteiger partial charge in [0.25, 0.3) is 5.91 Å². The van der Waals surface area contributed by atoms with Crippen LogP contribution in [-0.4, -0.2) is 17.7 Å². The van der Waals surface area contributed by atoms with Crippen LogP contribution in [0.1, 0.15) is 36.0 Å². The second-order valence-electron chi connectivity index (χ2n) is 3.89. The number of amides is 1. The molecule has 0 unspecified atom stereocenters. The maximum Gasteiger partial charge on any atom is 0.256 e. The fraction of sp³-hybridized carbons (Fsp3) is 0.455. The molecule has 5 heteroatoms. The number of rotatable bonds is 2. The molecule has 0 bridgehead atoms. The lowest BCUT2D eigenvalue weighted by Crippen LogP contribution is -2.37. The van der Waals surface area contributed by atoms with E-state index in [1.165, 1.54) is 12.3 Å². The molecule has 1 aromatic heterocycles. The minimum absolute atomic E-state index is 0.0659. The summed E-state index contributed by atoms with van der Waals surface area (Å²) >= 11 is 5.69. The molecule has 1 aromatic rings. The molecule has 1 fully saturated rings. The zero-order valence-electron chi connectivity index (χ0n) is 8.66. The van der Waals surface area contributed by atoms with Gasteiger partial charge in [0.05, 0.1) is 11.8 Å². The Hall–Kier alpha value is -1.29. The fourth-order valence-electron chi connectivity index (χ4n) is 1.80. The van der Waals surface area contributed by atoms with Gasteiger partial charge in [-0.25, -0.2) is 0 Å². The maximum absolute atomic E-state index is 11.7. The summed E-state index contributed by atoms with van der Waals surface area (Å²) in [5.74, 6) is 0.0324. The number of carbonyl (C=O) groups is 2. The predicted molar refractivity (Wildman–Crippen MR) is 58.4 cm³/mol. The SMILES string of the molecule is O=C1CCC(NC(=O)c2ccoc2Cl)CC1. The minimum Gasteiger partial charge on any atom is -0.452 e. The smallest absolute Gasteiger partial charge is 0.256 e. The molecule has 1 amide bonds. The molecule has 1 aliphatic rings. The zero-order chi connectivity index (χ0) is 11.5. The maximum atomic E-state index is 11.7. The van der Waals surface area contributed by atoms with Crippen molar-refractivity contribution in [2.45, 2.75) is 31.7 Å². The van der Waals surface area contributed by atoms with Gasteiger partial charge in [0.15, 0.2) is 0 Å². The van der Waals surface area contributed by atoms with Gasteiger partial charge in [-0.2, -0.15) is 0 Å². The number of nitrogens with one attached hydrogen (secondary N) is 1. The molecule has 16 heavy (non-hydrogen) atoms. The summed E-state index contributed by atoms with van der Waals surface area (Å²) in [6, 6.07) is 1.60. The van der Waals surface area contributed by atoms with E-state index in [1.54, 1.807) is 0 Å². The second kappa shape index (κ2) is 4.70. The van der Waals surface area contributed by atoms with Crippen LogP contribution in [0.2, 0.25) is 5.22 Å². The number of halogens is 1. The normalized spacial score (nSPS) is 17.4. The molecule has 0 atom stereocenters. The summed E-state index contributed by atoms with van der Waals surface area (Å²) in [5, 5.41) is 2.95. The van der Waals surface area contributed by atoms with Crippen molar-refractivity contribution in [3.05, 3.63) is 23.1 Å². The Morgan fingerprint density at radius 3 is 2.69 bits per heavy atom. The molecule has 1 heterocycles. The third-order valence-corrected chi connectivity index (χ3v) is 3.03. The van der Waals surface area contributed by atoms with Crippen molar-refractivity contribution >= 4 is 23.3 Å². The molecule has 1 aliphatic carbocycles. The quantitative estimate of drug-likeness (QED) is 0.863. The van der Waals surface area contributed by atoms with Crippen molar-refractivity contribution in [3.8, 4) is 0 Å². The van der Waals surface area contributed by atoms with Crippen LogP contribution in [0.15, 0.2) is 16.7 Å². The first-order valence-electron chi connectivity index (χ1n) is 5.22. The lowest BCUT2D eigenvalue weighted by Gasteiger charge is -2.21. The third-order valence-electron chi connectivity index (χ3n) is 2.74. The summed E-state index contributed by atoms with van der Waals surface area (Å²) in [6.07, 6.45) is 3.88. The average molecular weight is 242 g/mol. The molecule has 0 aliphatic heterocycles. The first-order valence-corrected chi connectivity index (χ1v) is 5.60. The summed E-state index contributed by atoms with van der Waals surface area (Å²) < 4.78 is 4.84. The number of carbonyl (C=O) groups excluding carboxylic acids is 2. The summed E-state index contributed by atoms with van der Waals surface area (Å²) in [5.41, 5.74) is 0.346. The van der Waals surface area contributed by atoms with Crippen molar-refractivity contribution in [3.63, 3.8) is 0 Å². The fourth-order valence-corrected chi connectivity index (χ4v) is 2.00. The monoisotopic (exact) mass is 241 g/mol. The van der Waals surface area contributed by atoms with Crippen LogP contribution in [-0.2, 0) is 4.79 Å². The highest BCUT2D eigenvalue weighted by Gasteiger charge is 2.22. The molecule has 1 N–H and O–H groups in total. The van der Waals surface area contributed by atoms with Gasteiger partial charge in [-0.3, -0.25) is 9.59 Å². The Kier molecular flexibility index (Phi) is 3.29. The summed E-state index contributed by atoms with van der Waals surface area (Å²) in [7, 11) is 0. The highest BCUT2D eigenvalue weighted by Crippen LogP contribution is 2.19. The van der Waals surface area contributed by atoms with E-state index in [0.29, 0.717) is 31.2 Å². The minimum atomic E-state index is -0.238. The van der Waals surface area contributed by atoms with Crippen molar-refractivity contribution in [2.75, 3.05) is 0 Å². The van der Waals surface area contributed by atoms with Crippen LogP contribution < -0.4 is 5.32 Å². The standard InChI is InChI=1S/C11H12ClNO3/c12-10-9(5-6-16-10)11(15)13-7-1-3-8(14)4-2-7/h5-7H,1-4H2,(H,13,15). The van der Waals surface area contributed by atoms with Gasteiger partial charge in [-0.15, -0.1) is 0 Å². The van der Waals surface area contributed by atoms with Crippen molar-refractivity contribution in [2.24, 2.45) is 0 Å². The van der Waals surface area contributed by atoms with Gasteiger partial charge in [0, 0.05) is 18.9 Å². The van der Waals surface area contributed by atoms with E-state index < -0.39 is 0 Å². The van der Waals surface area contributed by atoms with Gasteiger partial charge < -0.3 is 9.73 Å². The highest BCUT2D eigenvalue weighted by atomic mass is 35.5. The molecular formula is C11H12ClNO3. The Bertz CT molecular complexity index is 403. The van der Waals surface area contributed by atoms with Crippen LogP contribution in [0.4, 0.5) is 0 Å². The number of hydrogen-bond donors (Lipinski definition) is 1. The van der Waals surface area contributed by atoms with Crippen LogP contribution >= 0.6 is 11.6 Å². The van der Waals surface area contributed by atoms with E-state index in [0.717, 1.165) is 0 Å². The van der Waals surface area contributed by atoms with Crippen LogP contribution in [0.25, 0.3) is 0 Å². The number of hydrogen-bond acceptors (Lipinski definition) is 3. The van der Waals surface area contributed by atoms with Crippen LogP contribution in [0, 0.1) is 0 Å². The molecule has 86 valence electrons. The second-order valence-corrected chi connectivity index (χ2v) is 4.24. The highest BCUT2D eigenvalue weighted by molar-refractivity contribution is 6.32. The molecule has 4 nitrogen and oxygen atoms in total. The number of furan rings is 1. The summed E-state index contributed by atoms with van der Waals surface area (Å²) in [4.78, 5) is 22.8. The van der Waals surface area contributed by atoms with E-state index >= 15 is 0 Å². The lowest BCUT2D eigenvalue weighted by molar-refractivity contribution is -0.120. The molecule has 0 saturated heterocycles. The molecule has 1 saturated carbocycles. The van der Waals surface area contributed by atoms with Gasteiger partial charge in [-0.05, 0) is 30.5 Å². The van der Waals surface area contributed by atoms with Gasteiger partial charge >= 0.3 is 0 Å². The largest absolute Gasteiger partial charge is 0.452 e. The molecule has 0 aromatic carbocycles. The van der Waals surface area contributed by atoms with Crippen molar-refractivity contribution < 1.29 is 14.0 Å². The Labute approximate surface area is 98.0 Å². The number of ketones is 1. The van der Waals surface area contributed by atoms with Gasteiger partial charge in [0.1, 0.15) is 5.78 Å². The zero-order valence-corrected chi connectivity index (χ0v) is 9.42. The van der Waals surface area contributed by atoms with Gasteiger partial charge in [0.2, 0.25) is 5.22 Å². The van der Waals surface area contributed by atoms with Gasteiger partial charge in [-0.1, -0.05) is 0 Å². The van der Waals surface area contributed by atoms with E-state index in [2.05, 4.69) is 5.32 Å². The number of Topliss-reactive ketones (excluding diaryl/α,β-unsaturated/α-hetero) is 1. The van der Waals surface area contributed by atoms with Crippen LogP contribution in [0.3, 0.4) is 0 Å². The molecule has 0 radical (unpaired) electrons. The predicted octanol–water partition coefficient (Wildman–Crippen LogP) is 2.17. The first kappa shape index (κ1) is 11.2. The molecule has 2 rings (SSSR count). The lowest BCUT2D eigenvalue weighted by atomic mass is 9.94. The Morgan fingerprint density at radius 1 is 1.44 bits per heavy atom. The Morgan fingerprint density at radius 2 is 2.12 bits per heavy atom. The topological polar surface area (TPSA) is 59.3 Å². The van der Waals surface area contributed by atoms with E-state index in [9.17, 15) is 9.59 Å².